The van der Waals surface area contributed by atoms with Crippen LogP contribution in [0.2, 0.25) is 0 Å². The molecule has 0 atom stereocenters. The molecule has 0 aliphatic carbocycles. The van der Waals surface area contributed by atoms with E-state index in [0.717, 1.165) is 42.1 Å². The summed E-state index contributed by atoms with van der Waals surface area (Å²) in [6.07, 6.45) is 4.51. The lowest BCUT2D eigenvalue weighted by atomic mass is 10.3. The Morgan fingerprint density at radius 2 is 2.15 bits per heavy atom. The zero-order valence-electron chi connectivity index (χ0n) is 11.5. The van der Waals surface area contributed by atoms with Gasteiger partial charge in [0.15, 0.2) is 0 Å². The average molecular weight is 291 g/mol. The van der Waals surface area contributed by atoms with Gasteiger partial charge in [-0.1, -0.05) is 6.92 Å². The van der Waals surface area contributed by atoms with Crippen LogP contribution in [0.25, 0.3) is 10.2 Å². The zero-order chi connectivity index (χ0) is 14.1. The SMILES string of the molecule is CCc1cc2c(=O)n(CC(=O)N3CCCC3)cnc2s1. The third-order valence-electron chi connectivity index (χ3n) is 3.68. The Morgan fingerprint density at radius 3 is 2.85 bits per heavy atom. The molecule has 5 nitrogen and oxygen atoms in total. The van der Waals surface area contributed by atoms with E-state index in [9.17, 15) is 9.59 Å². The molecule has 20 heavy (non-hydrogen) atoms. The minimum Gasteiger partial charge on any atom is -0.341 e. The van der Waals surface area contributed by atoms with Gasteiger partial charge in [-0.2, -0.15) is 0 Å². The van der Waals surface area contributed by atoms with Gasteiger partial charge in [0.1, 0.15) is 11.4 Å². The standard InChI is InChI=1S/C14H17N3O2S/c1-2-10-7-11-13(20-10)15-9-17(14(11)19)8-12(18)16-5-3-4-6-16/h7,9H,2-6,8H2,1H3. The van der Waals surface area contributed by atoms with Gasteiger partial charge < -0.3 is 4.90 Å². The fraction of sp³-hybridized carbons (Fsp3) is 0.500. The van der Waals surface area contributed by atoms with E-state index < -0.39 is 0 Å². The Hall–Kier alpha value is -1.69. The number of thiophene rings is 1. The monoisotopic (exact) mass is 291 g/mol. The number of likely N-dealkylation sites (tertiary alicyclic amines) is 1. The summed E-state index contributed by atoms with van der Waals surface area (Å²) in [7, 11) is 0. The number of rotatable bonds is 3. The maximum Gasteiger partial charge on any atom is 0.262 e. The van der Waals surface area contributed by atoms with Crippen molar-refractivity contribution in [3.63, 3.8) is 0 Å². The Bertz CT molecular complexity index is 698. The van der Waals surface area contributed by atoms with Crippen LogP contribution >= 0.6 is 11.3 Å². The lowest BCUT2D eigenvalue weighted by molar-refractivity contribution is -0.130. The molecule has 0 N–H and O–H groups in total. The summed E-state index contributed by atoms with van der Waals surface area (Å²) >= 11 is 1.54. The molecule has 0 bridgehead atoms. The lowest BCUT2D eigenvalue weighted by Crippen LogP contribution is -2.34. The van der Waals surface area contributed by atoms with Crippen LogP contribution in [0, 0.1) is 0 Å². The predicted octanol–water partition coefficient (Wildman–Crippen LogP) is 1.64. The number of aryl methyl sites for hydroxylation is 1. The second kappa shape index (κ2) is 5.36. The summed E-state index contributed by atoms with van der Waals surface area (Å²) in [5.41, 5.74) is -0.113. The first-order valence-electron chi connectivity index (χ1n) is 6.94. The molecule has 1 aliphatic heterocycles. The number of aromatic nitrogens is 2. The van der Waals surface area contributed by atoms with Crippen LogP contribution in [-0.2, 0) is 17.8 Å². The van der Waals surface area contributed by atoms with Crippen molar-refractivity contribution in [2.75, 3.05) is 13.1 Å². The van der Waals surface area contributed by atoms with Gasteiger partial charge in [0.05, 0.1) is 11.7 Å². The summed E-state index contributed by atoms with van der Waals surface area (Å²) in [6, 6.07) is 1.90. The smallest absolute Gasteiger partial charge is 0.262 e. The highest BCUT2D eigenvalue weighted by atomic mass is 32.1. The van der Waals surface area contributed by atoms with Crippen molar-refractivity contribution in [2.45, 2.75) is 32.7 Å². The number of hydrogen-bond acceptors (Lipinski definition) is 4. The van der Waals surface area contributed by atoms with E-state index in [1.165, 1.54) is 10.9 Å². The Kier molecular flexibility index (Phi) is 3.56. The third-order valence-corrected chi connectivity index (χ3v) is 4.87. The fourth-order valence-electron chi connectivity index (χ4n) is 2.51. The molecule has 3 rings (SSSR count). The van der Waals surface area contributed by atoms with Gasteiger partial charge in [0.2, 0.25) is 5.91 Å². The summed E-state index contributed by atoms with van der Waals surface area (Å²) in [5, 5.41) is 0.628. The Balaban J connectivity index is 1.89. The van der Waals surface area contributed by atoms with Crippen LogP contribution in [0.15, 0.2) is 17.2 Å². The van der Waals surface area contributed by atoms with Crippen LogP contribution in [0.3, 0.4) is 0 Å². The van der Waals surface area contributed by atoms with E-state index in [4.69, 9.17) is 0 Å². The average Bonchev–Trinajstić information content (AvgIpc) is 3.10. The van der Waals surface area contributed by atoms with Crippen molar-refractivity contribution >= 4 is 27.5 Å². The third kappa shape index (κ3) is 2.35. The molecule has 1 fully saturated rings. The molecule has 2 aromatic heterocycles. The van der Waals surface area contributed by atoms with Crippen LogP contribution in [-0.4, -0.2) is 33.4 Å². The van der Waals surface area contributed by atoms with Crippen LogP contribution in [0.4, 0.5) is 0 Å². The van der Waals surface area contributed by atoms with Gasteiger partial charge in [-0.25, -0.2) is 4.98 Å². The molecular formula is C14H17N3O2S. The van der Waals surface area contributed by atoms with Crippen molar-refractivity contribution in [3.05, 3.63) is 27.6 Å². The van der Waals surface area contributed by atoms with Crippen LogP contribution < -0.4 is 5.56 Å². The molecule has 0 radical (unpaired) electrons. The molecule has 2 aromatic rings. The van der Waals surface area contributed by atoms with Gasteiger partial charge in [-0.3, -0.25) is 14.2 Å². The molecule has 0 saturated carbocycles. The highest BCUT2D eigenvalue weighted by Crippen LogP contribution is 2.21. The topological polar surface area (TPSA) is 55.2 Å². The summed E-state index contributed by atoms with van der Waals surface area (Å²) in [6.45, 7) is 3.77. The second-order valence-electron chi connectivity index (χ2n) is 5.05. The van der Waals surface area contributed by atoms with Crippen molar-refractivity contribution < 1.29 is 4.79 Å². The molecule has 1 aliphatic rings. The molecular weight excluding hydrogens is 274 g/mol. The molecule has 1 amide bonds. The summed E-state index contributed by atoms with van der Waals surface area (Å²) < 4.78 is 1.43. The molecule has 6 heteroatoms. The Labute approximate surface area is 120 Å². The summed E-state index contributed by atoms with van der Waals surface area (Å²) in [5.74, 6) is 0.0108. The largest absolute Gasteiger partial charge is 0.341 e. The van der Waals surface area contributed by atoms with Crippen molar-refractivity contribution in [2.24, 2.45) is 0 Å². The van der Waals surface area contributed by atoms with Gasteiger partial charge in [0, 0.05) is 18.0 Å². The maximum atomic E-state index is 12.4. The molecule has 0 spiro atoms. The lowest BCUT2D eigenvalue weighted by Gasteiger charge is -2.15. The second-order valence-corrected chi connectivity index (χ2v) is 6.17. The number of nitrogens with zero attached hydrogens (tertiary/aromatic N) is 3. The first kappa shape index (κ1) is 13.3. The number of hydrogen-bond donors (Lipinski definition) is 0. The van der Waals surface area contributed by atoms with Gasteiger partial charge >= 0.3 is 0 Å². The van der Waals surface area contributed by atoms with Gasteiger partial charge in [0.25, 0.3) is 5.56 Å². The molecule has 106 valence electrons. The molecule has 3 heterocycles. The highest BCUT2D eigenvalue weighted by molar-refractivity contribution is 7.18. The van der Waals surface area contributed by atoms with E-state index in [0.29, 0.717) is 5.39 Å². The Morgan fingerprint density at radius 1 is 1.40 bits per heavy atom. The first-order valence-corrected chi connectivity index (χ1v) is 7.76. The van der Waals surface area contributed by atoms with E-state index in [-0.39, 0.29) is 18.0 Å². The van der Waals surface area contributed by atoms with Crippen molar-refractivity contribution in [1.29, 1.82) is 0 Å². The van der Waals surface area contributed by atoms with Crippen LogP contribution in [0.1, 0.15) is 24.6 Å². The number of carbonyl (C=O) groups excluding carboxylic acids is 1. The van der Waals surface area contributed by atoms with E-state index in [1.54, 1.807) is 11.3 Å². The quantitative estimate of drug-likeness (QED) is 0.864. The predicted molar refractivity (Wildman–Crippen MR) is 79.1 cm³/mol. The van der Waals surface area contributed by atoms with E-state index in [2.05, 4.69) is 11.9 Å². The molecule has 0 unspecified atom stereocenters. The fourth-order valence-corrected chi connectivity index (χ4v) is 3.43. The van der Waals surface area contributed by atoms with Crippen molar-refractivity contribution in [1.82, 2.24) is 14.5 Å². The van der Waals surface area contributed by atoms with Crippen LogP contribution in [0.5, 0.6) is 0 Å². The van der Waals surface area contributed by atoms with E-state index in [1.807, 2.05) is 11.0 Å². The highest BCUT2D eigenvalue weighted by Gasteiger charge is 2.19. The number of fused-ring (bicyclic) bond motifs is 1. The minimum absolute atomic E-state index is 0.0108. The molecule has 1 saturated heterocycles. The number of carbonyl (C=O) groups is 1. The van der Waals surface area contributed by atoms with Crippen molar-refractivity contribution in [3.8, 4) is 0 Å². The summed E-state index contributed by atoms with van der Waals surface area (Å²) in [4.78, 5) is 32.5. The zero-order valence-corrected chi connectivity index (χ0v) is 12.3. The number of amides is 1. The van der Waals surface area contributed by atoms with E-state index >= 15 is 0 Å². The normalized spacial score (nSPS) is 15.2. The van der Waals surface area contributed by atoms with Gasteiger partial charge in [-0.15, -0.1) is 11.3 Å². The maximum absolute atomic E-state index is 12.4. The first-order chi connectivity index (χ1) is 9.69. The minimum atomic E-state index is -0.113. The molecule has 0 aromatic carbocycles. The van der Waals surface area contributed by atoms with Gasteiger partial charge in [-0.05, 0) is 25.3 Å².